The third-order valence-corrected chi connectivity index (χ3v) is 7.00. The fourth-order valence-electron chi connectivity index (χ4n) is 1.35. The molecule has 0 aliphatic carbocycles. The lowest BCUT2D eigenvalue weighted by Gasteiger charge is -2.42. The van der Waals surface area contributed by atoms with Crippen LogP contribution in [0.5, 0.6) is 0 Å². The lowest BCUT2D eigenvalue weighted by Crippen LogP contribution is -2.53. The number of nitrogens with zero attached hydrogens (tertiary/aromatic N) is 1. The molecule has 0 aliphatic heterocycles. The average molecular weight is 370 g/mol. The number of hydrogen-bond donors (Lipinski definition) is 1. The van der Waals surface area contributed by atoms with Gasteiger partial charge in [-0.25, -0.2) is 0 Å². The molecule has 0 aromatic carbocycles. The standard InChI is InChI=1S/C10H20Cl3N2O2PS/c1-6-17-18(19,7-2)15(9(3,4)5)14-8(16)10(11,12)13/h6-7H2,1-5H3,(H,14,16). The molecule has 0 bridgehead atoms. The Morgan fingerprint density at radius 1 is 1.32 bits per heavy atom. The molecule has 0 saturated carbocycles. The number of carbonyl (C=O) groups excluding carboxylic acids is 1. The maximum Gasteiger partial charge on any atom is 0.286 e. The number of rotatable bonds is 5. The monoisotopic (exact) mass is 368 g/mol. The molecule has 19 heavy (non-hydrogen) atoms. The average Bonchev–Trinajstić information content (AvgIpc) is 2.22. The van der Waals surface area contributed by atoms with Crippen molar-refractivity contribution in [2.24, 2.45) is 0 Å². The van der Waals surface area contributed by atoms with Crippen LogP contribution in [0.25, 0.3) is 0 Å². The van der Waals surface area contributed by atoms with Gasteiger partial charge in [-0.05, 0) is 39.5 Å². The summed E-state index contributed by atoms with van der Waals surface area (Å²) in [4.78, 5) is 11.9. The predicted octanol–water partition coefficient (Wildman–Crippen LogP) is 3.85. The van der Waals surface area contributed by atoms with E-state index in [4.69, 9.17) is 51.1 Å². The number of hydrogen-bond acceptors (Lipinski definition) is 3. The highest BCUT2D eigenvalue weighted by Crippen LogP contribution is 2.53. The maximum absolute atomic E-state index is 11.9. The second-order valence-electron chi connectivity index (χ2n) is 4.79. The first-order valence-electron chi connectivity index (χ1n) is 5.80. The molecule has 0 heterocycles. The Labute approximate surface area is 135 Å². The molecule has 0 aromatic rings. The first-order chi connectivity index (χ1) is 8.38. The largest absolute Gasteiger partial charge is 0.337 e. The zero-order chi connectivity index (χ0) is 15.5. The van der Waals surface area contributed by atoms with Crippen LogP contribution in [0.3, 0.4) is 0 Å². The SMILES string of the molecule is CCOP(=S)(CC)N(NC(=O)C(Cl)(Cl)Cl)C(C)(C)C. The minimum absolute atomic E-state index is 0.452. The van der Waals surface area contributed by atoms with Crippen molar-refractivity contribution in [3.8, 4) is 0 Å². The zero-order valence-corrected chi connectivity index (χ0v) is 15.6. The van der Waals surface area contributed by atoms with Crippen LogP contribution in [0.15, 0.2) is 0 Å². The fraction of sp³-hybridized carbons (Fsp3) is 0.900. The predicted molar refractivity (Wildman–Crippen MR) is 86.5 cm³/mol. The minimum atomic E-state index is -2.40. The molecular formula is C10H20Cl3N2O2PS. The molecule has 1 amide bonds. The summed E-state index contributed by atoms with van der Waals surface area (Å²) in [5.74, 6) is -0.741. The van der Waals surface area contributed by atoms with Crippen molar-refractivity contribution in [2.75, 3.05) is 12.8 Å². The number of carbonyl (C=O) groups is 1. The van der Waals surface area contributed by atoms with Gasteiger partial charge in [-0.1, -0.05) is 41.7 Å². The summed E-state index contributed by atoms with van der Waals surface area (Å²) in [6.07, 6.45) is -1.81. The van der Waals surface area contributed by atoms with Crippen LogP contribution in [0.4, 0.5) is 0 Å². The highest BCUT2D eigenvalue weighted by molar-refractivity contribution is 8.11. The lowest BCUT2D eigenvalue weighted by molar-refractivity contribution is -0.124. The van der Waals surface area contributed by atoms with Gasteiger partial charge in [0.05, 0.1) is 6.61 Å². The molecule has 1 unspecified atom stereocenters. The van der Waals surface area contributed by atoms with Gasteiger partial charge in [-0.3, -0.25) is 10.2 Å². The van der Waals surface area contributed by atoms with Crippen LogP contribution in [0.2, 0.25) is 0 Å². The lowest BCUT2D eigenvalue weighted by atomic mass is 10.1. The van der Waals surface area contributed by atoms with Gasteiger partial charge >= 0.3 is 0 Å². The van der Waals surface area contributed by atoms with E-state index in [2.05, 4.69) is 5.43 Å². The van der Waals surface area contributed by atoms with Crippen molar-refractivity contribution >= 4 is 58.9 Å². The Bertz CT molecular complexity index is 369. The van der Waals surface area contributed by atoms with Gasteiger partial charge in [0.1, 0.15) is 6.42 Å². The molecule has 4 nitrogen and oxygen atoms in total. The van der Waals surface area contributed by atoms with Crippen molar-refractivity contribution in [3.05, 3.63) is 0 Å². The van der Waals surface area contributed by atoms with Crippen LogP contribution < -0.4 is 5.43 Å². The highest BCUT2D eigenvalue weighted by Gasteiger charge is 2.40. The quantitative estimate of drug-likeness (QED) is 0.454. The summed E-state index contributed by atoms with van der Waals surface area (Å²) in [5.41, 5.74) is 2.14. The highest BCUT2D eigenvalue weighted by atomic mass is 35.6. The molecule has 0 aromatic heterocycles. The van der Waals surface area contributed by atoms with Crippen LogP contribution in [0, 0.1) is 0 Å². The molecule has 0 saturated heterocycles. The molecule has 114 valence electrons. The molecule has 0 fully saturated rings. The first kappa shape index (κ1) is 19.9. The molecular weight excluding hydrogens is 350 g/mol. The number of halogens is 3. The van der Waals surface area contributed by atoms with Crippen LogP contribution in [0.1, 0.15) is 34.6 Å². The van der Waals surface area contributed by atoms with E-state index in [1.165, 1.54) is 0 Å². The topological polar surface area (TPSA) is 41.6 Å². The zero-order valence-electron chi connectivity index (χ0n) is 11.7. The Kier molecular flexibility index (Phi) is 7.61. The third kappa shape index (κ3) is 6.04. The van der Waals surface area contributed by atoms with Gasteiger partial charge in [-0.2, -0.15) is 4.78 Å². The van der Waals surface area contributed by atoms with E-state index in [0.717, 1.165) is 0 Å². The molecule has 1 atom stereocenters. The van der Waals surface area contributed by atoms with Crippen LogP contribution in [-0.4, -0.2) is 32.8 Å². The maximum atomic E-state index is 11.9. The summed E-state index contributed by atoms with van der Waals surface area (Å²) >= 11 is 22.3. The Morgan fingerprint density at radius 3 is 2.05 bits per heavy atom. The van der Waals surface area contributed by atoms with Gasteiger partial charge in [0.25, 0.3) is 9.70 Å². The van der Waals surface area contributed by atoms with Gasteiger partial charge < -0.3 is 4.52 Å². The molecule has 0 aliphatic rings. The molecule has 0 spiro atoms. The number of hydrazine groups is 1. The first-order valence-corrected chi connectivity index (χ1v) is 9.79. The molecule has 0 radical (unpaired) electrons. The van der Waals surface area contributed by atoms with Crippen molar-refractivity contribution in [3.63, 3.8) is 0 Å². The van der Waals surface area contributed by atoms with E-state index < -0.39 is 21.7 Å². The molecule has 0 rings (SSSR count). The van der Waals surface area contributed by atoms with Crippen molar-refractivity contribution in [1.82, 2.24) is 10.2 Å². The second-order valence-corrected chi connectivity index (χ2v) is 11.4. The number of alkyl halides is 3. The molecule has 9 heteroatoms. The number of amides is 1. The summed E-state index contributed by atoms with van der Waals surface area (Å²) in [5, 5.41) is 0. The van der Waals surface area contributed by atoms with Crippen molar-refractivity contribution in [1.29, 1.82) is 0 Å². The summed E-state index contributed by atoms with van der Waals surface area (Å²) in [6.45, 7) is 9.94. The van der Waals surface area contributed by atoms with E-state index in [1.807, 2.05) is 34.6 Å². The van der Waals surface area contributed by atoms with Crippen LogP contribution in [-0.2, 0) is 21.1 Å². The summed E-state index contributed by atoms with van der Waals surface area (Å²) < 4.78 is 5.26. The summed E-state index contributed by atoms with van der Waals surface area (Å²) in [6, 6.07) is 0. The van der Waals surface area contributed by atoms with Crippen LogP contribution >= 0.6 is 41.2 Å². The van der Waals surface area contributed by atoms with Crippen molar-refractivity contribution in [2.45, 2.75) is 44.0 Å². The Hall–Kier alpha value is 0.910. The third-order valence-electron chi connectivity index (χ3n) is 2.14. The smallest absolute Gasteiger partial charge is 0.286 e. The molecule has 1 N–H and O–H groups in total. The fourth-order valence-corrected chi connectivity index (χ4v) is 4.79. The Morgan fingerprint density at radius 2 is 1.79 bits per heavy atom. The normalized spacial score (nSPS) is 16.3. The van der Waals surface area contributed by atoms with Gasteiger partial charge in [0.2, 0.25) is 0 Å². The Balaban J connectivity index is 5.37. The van der Waals surface area contributed by atoms with Gasteiger partial charge in [0, 0.05) is 11.7 Å². The van der Waals surface area contributed by atoms with Gasteiger partial charge in [-0.15, -0.1) is 0 Å². The minimum Gasteiger partial charge on any atom is -0.337 e. The number of nitrogens with one attached hydrogen (secondary N) is 1. The van der Waals surface area contributed by atoms with E-state index in [-0.39, 0.29) is 0 Å². The van der Waals surface area contributed by atoms with Gasteiger partial charge in [0.15, 0.2) is 0 Å². The van der Waals surface area contributed by atoms with E-state index in [0.29, 0.717) is 12.8 Å². The second kappa shape index (κ2) is 7.26. The summed E-state index contributed by atoms with van der Waals surface area (Å²) in [7, 11) is 0. The van der Waals surface area contributed by atoms with E-state index in [9.17, 15) is 4.79 Å². The van der Waals surface area contributed by atoms with E-state index in [1.54, 1.807) is 4.78 Å². The van der Waals surface area contributed by atoms with E-state index >= 15 is 0 Å². The van der Waals surface area contributed by atoms with Crippen molar-refractivity contribution < 1.29 is 9.32 Å².